The molecule has 4 aliphatic carbocycles. The largest absolute Gasteiger partial charge is 0.494 e. The highest BCUT2D eigenvalue weighted by molar-refractivity contribution is 5.89. The van der Waals surface area contributed by atoms with Gasteiger partial charge in [-0.15, -0.1) is 0 Å². The molecule has 1 unspecified atom stereocenters. The number of esters is 1. The van der Waals surface area contributed by atoms with Crippen LogP contribution in [0, 0.1) is 53.3 Å². The molecule has 7 heteroatoms. The number of carbonyl (C=O) groups is 1. The molecule has 8 atom stereocenters. The summed E-state index contributed by atoms with van der Waals surface area (Å²) in [5.41, 5.74) is 2.92. The Bertz CT molecular complexity index is 1770. The molecule has 0 spiro atoms. The van der Waals surface area contributed by atoms with Gasteiger partial charge < -0.3 is 14.0 Å². The van der Waals surface area contributed by atoms with Crippen molar-refractivity contribution >= 4 is 5.97 Å². The standard InChI is InChI=1S/C51H78N2O5/c1-36(2)18-17-19-37(3)44-26-27-45-43-25-22-40-34-42(28-30-50(40,5)46(43)29-31-51(44,45)6)58-48(55)39-20-23-41(24-21-39)57-33-16-14-12-10-8-7-9-11-13-15-32-53-35-38(4)47(54)52-49(53)56/h20-24,35-37,42-46H,7-19,25-34H2,1-6H3,(H,52,54,56)/t37-,42?,43+,44-,45+,46+,50+,51-/m1/s1. The Hall–Kier alpha value is -3.09. The maximum atomic E-state index is 13.3. The Morgan fingerprint density at radius 2 is 1.52 bits per heavy atom. The normalized spacial score (nSPS) is 28.3. The van der Waals surface area contributed by atoms with Crippen LogP contribution >= 0.6 is 0 Å². The molecule has 0 radical (unpaired) electrons. The molecule has 7 nitrogen and oxygen atoms in total. The van der Waals surface area contributed by atoms with E-state index < -0.39 is 0 Å². The average Bonchev–Trinajstić information content (AvgIpc) is 3.56. The number of H-pyrrole nitrogens is 1. The molecule has 1 heterocycles. The second-order valence-electron chi connectivity index (χ2n) is 20.2. The molecule has 1 aromatic carbocycles. The van der Waals surface area contributed by atoms with E-state index in [-0.39, 0.29) is 28.7 Å². The van der Waals surface area contributed by atoms with Gasteiger partial charge in [0.2, 0.25) is 0 Å². The first-order chi connectivity index (χ1) is 27.9. The summed E-state index contributed by atoms with van der Waals surface area (Å²) in [5.74, 6) is 5.62. The summed E-state index contributed by atoms with van der Waals surface area (Å²) in [6.45, 7) is 15.6. The quantitative estimate of drug-likeness (QED) is 0.0771. The van der Waals surface area contributed by atoms with E-state index in [9.17, 15) is 14.4 Å². The second-order valence-corrected chi connectivity index (χ2v) is 20.2. The summed E-state index contributed by atoms with van der Waals surface area (Å²) in [5, 5.41) is 0. The van der Waals surface area contributed by atoms with Gasteiger partial charge in [0.15, 0.2) is 0 Å². The lowest BCUT2D eigenvalue weighted by Gasteiger charge is -2.58. The number of nitrogens with one attached hydrogen (secondary N) is 1. The minimum atomic E-state index is -0.312. The van der Waals surface area contributed by atoms with Crippen LogP contribution in [0.5, 0.6) is 5.75 Å². The molecule has 0 saturated heterocycles. The van der Waals surface area contributed by atoms with Gasteiger partial charge in [-0.05, 0) is 135 Å². The Morgan fingerprint density at radius 1 is 0.828 bits per heavy atom. The van der Waals surface area contributed by atoms with E-state index in [0.29, 0.717) is 29.7 Å². The number of benzene rings is 1. The lowest BCUT2D eigenvalue weighted by molar-refractivity contribution is -0.0594. The van der Waals surface area contributed by atoms with Crippen molar-refractivity contribution in [3.05, 3.63) is 74.1 Å². The smallest absolute Gasteiger partial charge is 0.338 e. The van der Waals surface area contributed by atoms with E-state index in [1.807, 2.05) is 24.3 Å². The second kappa shape index (κ2) is 20.4. The van der Waals surface area contributed by atoms with Gasteiger partial charge in [0.05, 0.1) is 12.2 Å². The van der Waals surface area contributed by atoms with Gasteiger partial charge in [0, 0.05) is 24.7 Å². The third-order valence-corrected chi connectivity index (χ3v) is 15.9. The van der Waals surface area contributed by atoms with Crippen molar-refractivity contribution in [1.29, 1.82) is 0 Å². The van der Waals surface area contributed by atoms with Crippen molar-refractivity contribution in [3.8, 4) is 5.75 Å². The van der Waals surface area contributed by atoms with Crippen molar-refractivity contribution in [3.63, 3.8) is 0 Å². The molecular formula is C51H78N2O5. The number of ether oxygens (including phenoxy) is 2. The van der Waals surface area contributed by atoms with Crippen LogP contribution in [0.25, 0.3) is 0 Å². The Balaban J connectivity index is 0.842. The zero-order valence-electron chi connectivity index (χ0n) is 37.3. The monoisotopic (exact) mass is 799 g/mol. The average molecular weight is 799 g/mol. The summed E-state index contributed by atoms with van der Waals surface area (Å²) in [4.78, 5) is 39.1. The zero-order chi connectivity index (χ0) is 41.3. The lowest BCUT2D eigenvalue weighted by atomic mass is 9.47. The van der Waals surface area contributed by atoms with Crippen molar-refractivity contribution in [2.24, 2.45) is 46.3 Å². The number of rotatable bonds is 21. The van der Waals surface area contributed by atoms with Crippen LogP contribution in [0.3, 0.4) is 0 Å². The summed E-state index contributed by atoms with van der Waals surface area (Å²) in [6, 6.07) is 7.54. The fraction of sp³-hybridized carbons (Fsp3) is 0.745. The van der Waals surface area contributed by atoms with Gasteiger partial charge >= 0.3 is 11.7 Å². The molecule has 4 aliphatic rings. The predicted molar refractivity (Wildman–Crippen MR) is 236 cm³/mol. The highest BCUT2D eigenvalue weighted by Gasteiger charge is 2.59. The number of aromatic amines is 1. The van der Waals surface area contributed by atoms with Gasteiger partial charge in [0.25, 0.3) is 5.56 Å². The third-order valence-electron chi connectivity index (χ3n) is 15.9. The molecule has 6 rings (SSSR count). The minimum Gasteiger partial charge on any atom is -0.494 e. The van der Waals surface area contributed by atoms with Gasteiger partial charge in [-0.1, -0.05) is 117 Å². The first-order valence-corrected chi connectivity index (χ1v) is 23.8. The maximum absolute atomic E-state index is 13.3. The predicted octanol–water partition coefficient (Wildman–Crippen LogP) is 12.4. The van der Waals surface area contributed by atoms with Crippen LogP contribution in [0.4, 0.5) is 0 Å². The SMILES string of the molecule is Cc1cn(CCCCCCCCCCCCOc2ccc(C(=O)OC3CC[C@@]4(C)C(=CC[C@H]5[C@@H]6CC[C@H]([C@H](C)CCCC(C)C)[C@@]6(C)CC[C@@H]54)C3)cc2)c(=O)[nH]c1=O. The fourth-order valence-corrected chi connectivity index (χ4v) is 12.4. The Kier molecular flexibility index (Phi) is 15.7. The lowest BCUT2D eigenvalue weighted by Crippen LogP contribution is -2.51. The number of hydrogen-bond acceptors (Lipinski definition) is 5. The van der Waals surface area contributed by atoms with E-state index in [0.717, 1.165) is 86.2 Å². The van der Waals surface area contributed by atoms with E-state index in [1.165, 1.54) is 89.9 Å². The molecule has 0 aliphatic heterocycles. The highest BCUT2D eigenvalue weighted by Crippen LogP contribution is 2.67. The third kappa shape index (κ3) is 10.8. The topological polar surface area (TPSA) is 90.4 Å². The van der Waals surface area contributed by atoms with Crippen LogP contribution in [0.15, 0.2) is 51.7 Å². The highest BCUT2D eigenvalue weighted by atomic mass is 16.5. The summed E-state index contributed by atoms with van der Waals surface area (Å²) < 4.78 is 13.8. The van der Waals surface area contributed by atoms with Crippen molar-refractivity contribution in [2.45, 2.75) is 189 Å². The van der Waals surface area contributed by atoms with Crippen molar-refractivity contribution < 1.29 is 14.3 Å². The Labute approximate surface area is 350 Å². The number of fused-ring (bicyclic) bond motifs is 5. The number of nitrogens with zero attached hydrogens (tertiary/aromatic N) is 1. The van der Waals surface area contributed by atoms with Crippen molar-refractivity contribution in [1.82, 2.24) is 9.55 Å². The summed E-state index contributed by atoms with van der Waals surface area (Å²) >= 11 is 0. The van der Waals surface area contributed by atoms with Crippen LogP contribution in [-0.4, -0.2) is 28.2 Å². The zero-order valence-corrected chi connectivity index (χ0v) is 37.3. The van der Waals surface area contributed by atoms with Crippen molar-refractivity contribution in [2.75, 3.05) is 6.61 Å². The molecule has 58 heavy (non-hydrogen) atoms. The van der Waals surface area contributed by atoms with Crippen LogP contribution < -0.4 is 16.0 Å². The molecule has 3 saturated carbocycles. The molecular weight excluding hydrogens is 721 g/mol. The van der Waals surface area contributed by atoms with Crippen LogP contribution in [-0.2, 0) is 11.3 Å². The first-order valence-electron chi connectivity index (χ1n) is 23.8. The molecule has 0 amide bonds. The molecule has 322 valence electrons. The van der Waals surface area contributed by atoms with Crippen LogP contribution in [0.1, 0.15) is 185 Å². The maximum Gasteiger partial charge on any atom is 0.338 e. The Morgan fingerprint density at radius 3 is 2.22 bits per heavy atom. The molecule has 1 aromatic heterocycles. The van der Waals surface area contributed by atoms with Gasteiger partial charge in [0.1, 0.15) is 11.9 Å². The first kappa shape index (κ1) is 44.5. The number of unbranched alkanes of at least 4 members (excludes halogenated alkanes) is 9. The van der Waals surface area contributed by atoms with Gasteiger partial charge in [-0.3, -0.25) is 9.78 Å². The van der Waals surface area contributed by atoms with Gasteiger partial charge in [-0.25, -0.2) is 9.59 Å². The molecule has 3 fully saturated rings. The number of allylic oxidation sites excluding steroid dienone is 1. The number of hydrogen-bond donors (Lipinski definition) is 1. The number of carbonyl (C=O) groups excluding carboxylic acids is 1. The minimum absolute atomic E-state index is 0.0340. The molecule has 1 N–H and O–H groups in total. The van der Waals surface area contributed by atoms with Gasteiger partial charge in [-0.2, -0.15) is 0 Å². The number of aromatic nitrogens is 2. The van der Waals surface area contributed by atoms with E-state index in [4.69, 9.17) is 9.47 Å². The van der Waals surface area contributed by atoms with E-state index >= 15 is 0 Å². The molecule has 2 aromatic rings. The summed E-state index contributed by atoms with van der Waals surface area (Å²) in [7, 11) is 0. The fourth-order valence-electron chi connectivity index (χ4n) is 12.4. The van der Waals surface area contributed by atoms with E-state index in [2.05, 4.69) is 45.7 Å². The molecule has 0 bridgehead atoms. The number of aryl methyl sites for hydroxylation is 2. The summed E-state index contributed by atoms with van der Waals surface area (Å²) in [6.07, 6.45) is 29.9. The van der Waals surface area contributed by atoms with E-state index in [1.54, 1.807) is 23.3 Å². The van der Waals surface area contributed by atoms with Crippen LogP contribution in [0.2, 0.25) is 0 Å².